The molecule has 0 radical (unpaired) electrons. The molecule has 1 amide bonds. The van der Waals surface area contributed by atoms with Gasteiger partial charge in [-0.25, -0.2) is 0 Å². The lowest BCUT2D eigenvalue weighted by Crippen LogP contribution is -2.32. The lowest BCUT2D eigenvalue weighted by Gasteiger charge is -2.29. The van der Waals surface area contributed by atoms with Crippen molar-refractivity contribution in [2.75, 3.05) is 37.4 Å². The van der Waals surface area contributed by atoms with Crippen LogP contribution in [0.15, 0.2) is 18.2 Å². The molecule has 104 valence electrons. The number of nitrogens with two attached hydrogens (primary N) is 2. The first-order valence-electron chi connectivity index (χ1n) is 6.56. The molecule has 0 aromatic heterocycles. The van der Waals surface area contributed by atoms with Crippen molar-refractivity contribution >= 4 is 17.3 Å². The van der Waals surface area contributed by atoms with Gasteiger partial charge in [0.05, 0.1) is 12.2 Å². The molecule has 1 fully saturated rings. The Morgan fingerprint density at radius 2 is 2.32 bits per heavy atom. The van der Waals surface area contributed by atoms with Gasteiger partial charge in [-0.3, -0.25) is 4.79 Å². The molecule has 4 N–H and O–H groups in total. The van der Waals surface area contributed by atoms with Crippen LogP contribution in [0.5, 0.6) is 0 Å². The van der Waals surface area contributed by atoms with E-state index in [1.807, 2.05) is 13.1 Å². The van der Waals surface area contributed by atoms with Crippen LogP contribution in [0.25, 0.3) is 0 Å². The predicted octanol–water partition coefficient (Wildman–Crippen LogP) is 1.23. The van der Waals surface area contributed by atoms with Crippen molar-refractivity contribution in [1.29, 1.82) is 0 Å². The number of ether oxygens (including phenoxy) is 1. The molecule has 2 rings (SSSR count). The number of anilines is 2. The summed E-state index contributed by atoms with van der Waals surface area (Å²) in [7, 11) is 1.96. The Kier molecular flexibility index (Phi) is 4.27. The van der Waals surface area contributed by atoms with Gasteiger partial charge in [-0.2, -0.15) is 0 Å². The summed E-state index contributed by atoms with van der Waals surface area (Å²) in [4.78, 5) is 13.5. The molecule has 1 heterocycles. The molecule has 1 unspecified atom stereocenters. The van der Waals surface area contributed by atoms with Crippen molar-refractivity contribution in [3.63, 3.8) is 0 Å². The van der Waals surface area contributed by atoms with E-state index in [9.17, 15) is 4.79 Å². The molecule has 1 saturated heterocycles. The molecule has 1 aliphatic heterocycles. The number of carbonyl (C=O) groups is 1. The van der Waals surface area contributed by atoms with Crippen LogP contribution in [0.4, 0.5) is 11.4 Å². The van der Waals surface area contributed by atoms with E-state index in [0.29, 0.717) is 17.2 Å². The molecule has 1 aliphatic rings. The molecule has 0 aliphatic carbocycles. The van der Waals surface area contributed by atoms with E-state index in [2.05, 4.69) is 4.90 Å². The van der Waals surface area contributed by atoms with Crippen molar-refractivity contribution in [2.24, 2.45) is 11.7 Å². The van der Waals surface area contributed by atoms with Crippen molar-refractivity contribution in [3.05, 3.63) is 23.8 Å². The summed E-state index contributed by atoms with van der Waals surface area (Å²) < 4.78 is 5.48. The Labute approximate surface area is 113 Å². The number of rotatable bonds is 4. The van der Waals surface area contributed by atoms with Gasteiger partial charge in [0.2, 0.25) is 0 Å². The zero-order chi connectivity index (χ0) is 13.8. The number of nitrogens with zero attached hydrogens (tertiary/aromatic N) is 1. The molecule has 5 nitrogen and oxygen atoms in total. The Morgan fingerprint density at radius 3 is 2.95 bits per heavy atom. The number of hydrogen-bond donors (Lipinski definition) is 2. The molecule has 5 heteroatoms. The molecule has 0 saturated carbocycles. The zero-order valence-electron chi connectivity index (χ0n) is 11.3. The topological polar surface area (TPSA) is 81.6 Å². The Balaban J connectivity index is 2.13. The Hall–Kier alpha value is -1.75. The van der Waals surface area contributed by atoms with E-state index in [1.165, 1.54) is 0 Å². The third kappa shape index (κ3) is 3.38. The molecule has 1 aromatic rings. The van der Waals surface area contributed by atoms with E-state index in [4.69, 9.17) is 16.2 Å². The van der Waals surface area contributed by atoms with Gasteiger partial charge in [-0.1, -0.05) is 0 Å². The first-order chi connectivity index (χ1) is 9.08. The molecule has 0 bridgehead atoms. The third-order valence-corrected chi connectivity index (χ3v) is 3.48. The van der Waals surface area contributed by atoms with Gasteiger partial charge < -0.3 is 21.1 Å². The maximum absolute atomic E-state index is 11.5. The van der Waals surface area contributed by atoms with Crippen LogP contribution in [0, 0.1) is 5.92 Å². The van der Waals surface area contributed by atoms with Crippen LogP contribution in [0.2, 0.25) is 0 Å². The fraction of sp³-hybridized carbons (Fsp3) is 0.500. The maximum Gasteiger partial charge on any atom is 0.250 e. The second-order valence-electron chi connectivity index (χ2n) is 5.10. The number of carbonyl (C=O) groups excluding carboxylic acids is 1. The summed E-state index contributed by atoms with van der Waals surface area (Å²) in [6.45, 7) is 2.49. The monoisotopic (exact) mass is 263 g/mol. The molecule has 19 heavy (non-hydrogen) atoms. The highest BCUT2D eigenvalue weighted by Gasteiger charge is 2.18. The van der Waals surface area contributed by atoms with Crippen molar-refractivity contribution in [3.8, 4) is 0 Å². The first-order valence-corrected chi connectivity index (χ1v) is 6.56. The van der Waals surface area contributed by atoms with Crippen LogP contribution < -0.4 is 16.4 Å². The normalized spacial score (nSPS) is 19.1. The summed E-state index contributed by atoms with van der Waals surface area (Å²) in [5.74, 6) is 0.0473. The van der Waals surface area contributed by atoms with E-state index < -0.39 is 5.91 Å². The van der Waals surface area contributed by atoms with Gasteiger partial charge in [0.25, 0.3) is 5.91 Å². The second-order valence-corrected chi connectivity index (χ2v) is 5.10. The van der Waals surface area contributed by atoms with Gasteiger partial charge in [-0.05, 0) is 37.0 Å². The van der Waals surface area contributed by atoms with Crippen molar-refractivity contribution < 1.29 is 9.53 Å². The van der Waals surface area contributed by atoms with E-state index in [-0.39, 0.29) is 0 Å². The summed E-state index contributed by atoms with van der Waals surface area (Å²) in [5, 5.41) is 0. The number of benzene rings is 1. The molecule has 0 spiro atoms. The van der Waals surface area contributed by atoms with Crippen LogP contribution in [0.3, 0.4) is 0 Å². The summed E-state index contributed by atoms with van der Waals surface area (Å²) in [6.07, 6.45) is 2.26. The van der Waals surface area contributed by atoms with Crippen LogP contribution in [-0.4, -0.2) is 32.7 Å². The van der Waals surface area contributed by atoms with Gasteiger partial charge in [0.15, 0.2) is 0 Å². The summed E-state index contributed by atoms with van der Waals surface area (Å²) >= 11 is 0. The van der Waals surface area contributed by atoms with Crippen molar-refractivity contribution in [1.82, 2.24) is 0 Å². The molecular formula is C14H21N3O2. The van der Waals surface area contributed by atoms with E-state index in [1.54, 1.807) is 12.1 Å². The van der Waals surface area contributed by atoms with E-state index in [0.717, 1.165) is 38.3 Å². The van der Waals surface area contributed by atoms with Gasteiger partial charge >= 0.3 is 0 Å². The Bertz CT molecular complexity index is 456. The van der Waals surface area contributed by atoms with Crippen LogP contribution >= 0.6 is 0 Å². The van der Waals surface area contributed by atoms with Crippen LogP contribution in [0.1, 0.15) is 23.2 Å². The van der Waals surface area contributed by atoms with Crippen molar-refractivity contribution in [2.45, 2.75) is 12.8 Å². The SMILES string of the molecule is CN(CC1CCCOC1)c1ccc(N)cc1C(N)=O. The van der Waals surface area contributed by atoms with Gasteiger partial charge in [0.1, 0.15) is 0 Å². The summed E-state index contributed by atoms with van der Waals surface area (Å²) in [6, 6.07) is 5.26. The molecule has 1 aromatic carbocycles. The molecule has 1 atom stereocenters. The largest absolute Gasteiger partial charge is 0.399 e. The summed E-state index contributed by atoms with van der Waals surface area (Å²) in [5.41, 5.74) is 13.0. The van der Waals surface area contributed by atoms with E-state index >= 15 is 0 Å². The highest BCUT2D eigenvalue weighted by molar-refractivity contribution is 5.99. The predicted molar refractivity (Wildman–Crippen MR) is 76.2 cm³/mol. The number of primary amides is 1. The highest BCUT2D eigenvalue weighted by Crippen LogP contribution is 2.24. The van der Waals surface area contributed by atoms with Crippen LogP contribution in [-0.2, 0) is 4.74 Å². The lowest BCUT2D eigenvalue weighted by atomic mass is 10.0. The fourth-order valence-corrected chi connectivity index (χ4v) is 2.52. The minimum Gasteiger partial charge on any atom is -0.399 e. The smallest absolute Gasteiger partial charge is 0.250 e. The second kappa shape index (κ2) is 5.93. The first kappa shape index (κ1) is 13.7. The Morgan fingerprint density at radius 1 is 1.53 bits per heavy atom. The maximum atomic E-state index is 11.5. The average molecular weight is 263 g/mol. The standard InChI is InChI=1S/C14H21N3O2/c1-17(8-10-3-2-6-19-9-10)13-5-4-11(15)7-12(13)14(16)18/h4-5,7,10H,2-3,6,8-9,15H2,1H3,(H2,16,18). The minimum absolute atomic E-state index is 0.450. The average Bonchev–Trinajstić information content (AvgIpc) is 2.39. The minimum atomic E-state index is -0.450. The number of amides is 1. The lowest BCUT2D eigenvalue weighted by molar-refractivity contribution is 0.0576. The zero-order valence-corrected chi connectivity index (χ0v) is 11.3. The number of hydrogen-bond acceptors (Lipinski definition) is 4. The molecular weight excluding hydrogens is 242 g/mol. The number of nitrogen functional groups attached to an aromatic ring is 1. The highest BCUT2D eigenvalue weighted by atomic mass is 16.5. The third-order valence-electron chi connectivity index (χ3n) is 3.48. The van der Waals surface area contributed by atoms with Gasteiger partial charge in [0, 0.05) is 31.6 Å². The quantitative estimate of drug-likeness (QED) is 0.801. The fourth-order valence-electron chi connectivity index (χ4n) is 2.52. The van der Waals surface area contributed by atoms with Gasteiger partial charge in [-0.15, -0.1) is 0 Å².